The van der Waals surface area contributed by atoms with E-state index in [0.29, 0.717) is 24.4 Å². The van der Waals surface area contributed by atoms with Crippen molar-refractivity contribution in [2.45, 2.75) is 25.4 Å². The second-order valence-corrected chi connectivity index (χ2v) is 5.13. The molecule has 2 N–H and O–H groups in total. The SMILES string of the molecule is O=C1CCC(N2Cc3ccc(O)cc3C2=S)C(=O)N1. The molecule has 0 radical (unpaired) electrons. The van der Waals surface area contributed by atoms with Crippen LogP contribution in [-0.2, 0) is 16.1 Å². The summed E-state index contributed by atoms with van der Waals surface area (Å²) in [4.78, 5) is 25.4. The molecule has 0 bridgehead atoms. The number of amides is 2. The molecule has 6 heteroatoms. The van der Waals surface area contributed by atoms with Gasteiger partial charge in [0.15, 0.2) is 0 Å². The highest BCUT2D eigenvalue weighted by atomic mass is 32.1. The van der Waals surface area contributed by atoms with Gasteiger partial charge in [-0.15, -0.1) is 0 Å². The lowest BCUT2D eigenvalue weighted by Crippen LogP contribution is -2.52. The third-order valence-electron chi connectivity index (χ3n) is 3.51. The van der Waals surface area contributed by atoms with E-state index in [1.807, 2.05) is 11.0 Å². The molecular weight excluding hydrogens is 264 g/mol. The number of imide groups is 1. The topological polar surface area (TPSA) is 69.6 Å². The summed E-state index contributed by atoms with van der Waals surface area (Å²) < 4.78 is 0. The highest BCUT2D eigenvalue weighted by Crippen LogP contribution is 2.30. The molecule has 1 unspecified atom stereocenters. The summed E-state index contributed by atoms with van der Waals surface area (Å²) in [5.41, 5.74) is 1.78. The second kappa shape index (κ2) is 4.31. The van der Waals surface area contributed by atoms with Crippen molar-refractivity contribution in [3.63, 3.8) is 0 Å². The molecule has 3 rings (SSSR count). The molecule has 2 heterocycles. The molecule has 2 amide bonds. The van der Waals surface area contributed by atoms with E-state index in [2.05, 4.69) is 5.32 Å². The number of phenols is 1. The first-order valence-corrected chi connectivity index (χ1v) is 6.43. The third kappa shape index (κ3) is 1.98. The van der Waals surface area contributed by atoms with E-state index in [0.717, 1.165) is 11.1 Å². The van der Waals surface area contributed by atoms with Crippen LogP contribution in [0.4, 0.5) is 0 Å². The molecule has 0 spiro atoms. The third-order valence-corrected chi connectivity index (χ3v) is 3.97. The number of piperidine rings is 1. The molecule has 1 atom stereocenters. The first-order chi connectivity index (χ1) is 9.06. The van der Waals surface area contributed by atoms with Crippen molar-refractivity contribution < 1.29 is 14.7 Å². The number of carbonyl (C=O) groups excluding carboxylic acids is 2. The Morgan fingerprint density at radius 3 is 2.89 bits per heavy atom. The van der Waals surface area contributed by atoms with Gasteiger partial charge in [-0.25, -0.2) is 0 Å². The first-order valence-electron chi connectivity index (χ1n) is 6.03. The van der Waals surface area contributed by atoms with Crippen molar-refractivity contribution in [3.05, 3.63) is 29.3 Å². The fourth-order valence-corrected chi connectivity index (χ4v) is 2.92. The van der Waals surface area contributed by atoms with Crippen LogP contribution in [0.1, 0.15) is 24.0 Å². The molecule has 19 heavy (non-hydrogen) atoms. The van der Waals surface area contributed by atoms with Crippen molar-refractivity contribution in [1.82, 2.24) is 10.2 Å². The Labute approximate surface area is 115 Å². The fourth-order valence-electron chi connectivity index (χ4n) is 2.54. The van der Waals surface area contributed by atoms with Gasteiger partial charge in [0.2, 0.25) is 11.8 Å². The molecule has 2 aliphatic rings. The van der Waals surface area contributed by atoms with E-state index in [-0.39, 0.29) is 17.6 Å². The van der Waals surface area contributed by atoms with Crippen LogP contribution in [0.15, 0.2) is 18.2 Å². The minimum absolute atomic E-state index is 0.159. The van der Waals surface area contributed by atoms with Gasteiger partial charge in [0.1, 0.15) is 16.8 Å². The number of hydrogen-bond donors (Lipinski definition) is 2. The zero-order valence-electron chi connectivity index (χ0n) is 10.0. The Bertz CT molecular complexity index is 600. The van der Waals surface area contributed by atoms with Gasteiger partial charge < -0.3 is 10.0 Å². The molecule has 1 saturated heterocycles. The van der Waals surface area contributed by atoms with E-state index in [1.165, 1.54) is 0 Å². The molecule has 2 aliphatic heterocycles. The minimum atomic E-state index is -0.403. The second-order valence-electron chi connectivity index (χ2n) is 4.74. The molecule has 5 nitrogen and oxygen atoms in total. The number of hydrogen-bond acceptors (Lipinski definition) is 4. The average molecular weight is 276 g/mol. The number of aromatic hydroxyl groups is 1. The summed E-state index contributed by atoms with van der Waals surface area (Å²) >= 11 is 5.37. The summed E-state index contributed by atoms with van der Waals surface area (Å²) in [6.07, 6.45) is 0.807. The number of phenolic OH excluding ortho intramolecular Hbond substituents is 1. The minimum Gasteiger partial charge on any atom is -0.508 e. The number of nitrogens with one attached hydrogen (secondary N) is 1. The molecule has 1 aromatic rings. The standard InChI is InChI=1S/C13H12N2O3S/c16-8-2-1-7-6-15(13(19)9(7)5-8)10-3-4-11(17)14-12(10)18/h1-2,5,10,16H,3-4,6H2,(H,14,17,18). The lowest BCUT2D eigenvalue weighted by atomic mass is 10.0. The Morgan fingerprint density at radius 2 is 2.16 bits per heavy atom. The number of benzene rings is 1. The molecule has 1 aromatic carbocycles. The van der Waals surface area contributed by atoms with Crippen molar-refractivity contribution in [2.75, 3.05) is 0 Å². The monoisotopic (exact) mass is 276 g/mol. The summed E-state index contributed by atoms with van der Waals surface area (Å²) in [6.45, 7) is 0.542. The van der Waals surface area contributed by atoms with E-state index >= 15 is 0 Å². The fraction of sp³-hybridized carbons (Fsp3) is 0.308. The van der Waals surface area contributed by atoms with Gasteiger partial charge in [0.05, 0.1) is 0 Å². The predicted octanol–water partition coefficient (Wildman–Crippen LogP) is 0.689. The summed E-state index contributed by atoms with van der Waals surface area (Å²) in [6, 6.07) is 4.63. The number of thiocarbonyl (C=S) groups is 1. The average Bonchev–Trinajstić information content (AvgIpc) is 2.67. The smallest absolute Gasteiger partial charge is 0.249 e. The van der Waals surface area contributed by atoms with Crippen LogP contribution in [0.25, 0.3) is 0 Å². The summed E-state index contributed by atoms with van der Waals surface area (Å²) in [5.74, 6) is -0.372. The maximum absolute atomic E-state index is 11.9. The zero-order valence-corrected chi connectivity index (χ0v) is 10.9. The van der Waals surface area contributed by atoms with Gasteiger partial charge in [0, 0.05) is 18.5 Å². The van der Waals surface area contributed by atoms with Gasteiger partial charge in [-0.1, -0.05) is 18.3 Å². The Balaban J connectivity index is 1.88. The van der Waals surface area contributed by atoms with Gasteiger partial charge >= 0.3 is 0 Å². The molecule has 0 aromatic heterocycles. The highest BCUT2D eigenvalue weighted by molar-refractivity contribution is 7.80. The van der Waals surface area contributed by atoms with Crippen LogP contribution < -0.4 is 5.32 Å². The molecule has 98 valence electrons. The molecule has 0 saturated carbocycles. The van der Waals surface area contributed by atoms with Gasteiger partial charge in [0.25, 0.3) is 0 Å². The molecular formula is C13H12N2O3S. The van der Waals surface area contributed by atoms with Gasteiger partial charge in [-0.2, -0.15) is 0 Å². The van der Waals surface area contributed by atoms with E-state index in [1.54, 1.807) is 12.1 Å². The van der Waals surface area contributed by atoms with Crippen LogP contribution in [0.3, 0.4) is 0 Å². The Hall–Kier alpha value is -1.95. The van der Waals surface area contributed by atoms with Crippen LogP contribution in [0.2, 0.25) is 0 Å². The number of carbonyl (C=O) groups is 2. The normalized spacial score (nSPS) is 22.4. The number of rotatable bonds is 1. The lowest BCUT2D eigenvalue weighted by molar-refractivity contribution is -0.136. The van der Waals surface area contributed by atoms with E-state index in [9.17, 15) is 14.7 Å². The first kappa shape index (κ1) is 12.1. The Morgan fingerprint density at radius 1 is 1.37 bits per heavy atom. The van der Waals surface area contributed by atoms with Crippen LogP contribution in [-0.4, -0.2) is 32.9 Å². The maximum atomic E-state index is 11.9. The van der Waals surface area contributed by atoms with Crippen LogP contribution >= 0.6 is 12.2 Å². The number of fused-ring (bicyclic) bond motifs is 1. The van der Waals surface area contributed by atoms with E-state index in [4.69, 9.17) is 12.2 Å². The lowest BCUT2D eigenvalue weighted by Gasteiger charge is -2.30. The highest BCUT2D eigenvalue weighted by Gasteiger charge is 2.37. The quantitative estimate of drug-likeness (QED) is 0.583. The van der Waals surface area contributed by atoms with Crippen molar-refractivity contribution >= 4 is 29.0 Å². The number of nitrogens with zero attached hydrogens (tertiary/aromatic N) is 1. The summed E-state index contributed by atoms with van der Waals surface area (Å²) in [5, 5.41) is 11.8. The zero-order chi connectivity index (χ0) is 13.6. The summed E-state index contributed by atoms with van der Waals surface area (Å²) in [7, 11) is 0. The molecule has 0 aliphatic carbocycles. The van der Waals surface area contributed by atoms with Gasteiger partial charge in [-0.05, 0) is 24.1 Å². The Kier molecular flexibility index (Phi) is 2.74. The van der Waals surface area contributed by atoms with Crippen molar-refractivity contribution in [1.29, 1.82) is 0 Å². The van der Waals surface area contributed by atoms with Crippen LogP contribution in [0, 0.1) is 0 Å². The molecule has 1 fully saturated rings. The van der Waals surface area contributed by atoms with Crippen LogP contribution in [0.5, 0.6) is 5.75 Å². The van der Waals surface area contributed by atoms with Crippen molar-refractivity contribution in [2.24, 2.45) is 0 Å². The van der Waals surface area contributed by atoms with Crippen molar-refractivity contribution in [3.8, 4) is 5.75 Å². The van der Waals surface area contributed by atoms with Gasteiger partial charge in [-0.3, -0.25) is 14.9 Å². The van der Waals surface area contributed by atoms with E-state index < -0.39 is 6.04 Å². The predicted molar refractivity (Wildman–Crippen MR) is 71.5 cm³/mol. The largest absolute Gasteiger partial charge is 0.508 e. The maximum Gasteiger partial charge on any atom is 0.249 e.